The first-order chi connectivity index (χ1) is 14.1. The van der Waals surface area contributed by atoms with Gasteiger partial charge in [-0.25, -0.2) is 0 Å². The molecule has 0 aromatic carbocycles. The minimum Gasteiger partial charge on any atom is -0.393 e. The molecule has 0 bridgehead atoms. The quantitative estimate of drug-likeness (QED) is 0.609. The minimum atomic E-state index is -0.269. The molecule has 4 saturated carbocycles. The fourth-order valence-corrected chi connectivity index (χ4v) is 7.73. The van der Waals surface area contributed by atoms with E-state index >= 15 is 0 Å². The third kappa shape index (κ3) is 3.73. The van der Waals surface area contributed by atoms with Gasteiger partial charge in [-0.2, -0.15) is 0 Å². The van der Waals surface area contributed by atoms with Crippen LogP contribution in [-0.4, -0.2) is 45.3 Å². The van der Waals surface area contributed by atoms with E-state index in [-0.39, 0.29) is 35.9 Å². The van der Waals surface area contributed by atoms with Crippen molar-refractivity contribution in [1.29, 1.82) is 0 Å². The molecule has 5 unspecified atom stereocenters. The number of aliphatic hydroxyl groups excluding tert-OH is 3. The second-order valence-electron chi connectivity index (χ2n) is 10.9. The van der Waals surface area contributed by atoms with E-state index in [4.69, 9.17) is 4.74 Å². The lowest BCUT2D eigenvalue weighted by Gasteiger charge is -2.57. The fourth-order valence-electron chi connectivity index (χ4n) is 7.73. The summed E-state index contributed by atoms with van der Waals surface area (Å²) in [6.45, 7) is 0. The second kappa shape index (κ2) is 8.26. The zero-order valence-electron chi connectivity index (χ0n) is 17.8. The van der Waals surface area contributed by atoms with Crippen molar-refractivity contribution in [3.8, 4) is 0 Å². The summed E-state index contributed by atoms with van der Waals surface area (Å²) in [6, 6.07) is 0. The van der Waals surface area contributed by atoms with Crippen molar-refractivity contribution in [2.45, 2.75) is 113 Å². The molecule has 4 fully saturated rings. The molecular weight excluding hydrogens is 364 g/mol. The van der Waals surface area contributed by atoms with Crippen molar-refractivity contribution in [3.63, 3.8) is 0 Å². The number of aliphatic hydroxyl groups is 3. The van der Waals surface area contributed by atoms with Gasteiger partial charge in [0.15, 0.2) is 0 Å². The normalized spacial score (nSPS) is 53.1. The summed E-state index contributed by atoms with van der Waals surface area (Å²) in [5, 5.41) is 31.1. The SMILES string of the molecule is OC1CCC(C2(C3CCC(O)CC3)C=CC3C(O)CC4CCCCC4C3O2)CC1. The Bertz CT molecular complexity index is 566. The molecule has 164 valence electrons. The van der Waals surface area contributed by atoms with Crippen molar-refractivity contribution >= 4 is 0 Å². The molecule has 3 N–H and O–H groups in total. The van der Waals surface area contributed by atoms with Gasteiger partial charge < -0.3 is 20.1 Å². The van der Waals surface area contributed by atoms with Crippen molar-refractivity contribution in [1.82, 2.24) is 0 Å². The van der Waals surface area contributed by atoms with Crippen LogP contribution >= 0.6 is 0 Å². The maximum absolute atomic E-state index is 10.9. The molecule has 1 heterocycles. The van der Waals surface area contributed by atoms with Crippen molar-refractivity contribution in [3.05, 3.63) is 12.2 Å². The predicted octanol–water partition coefficient (Wildman–Crippen LogP) is 3.97. The van der Waals surface area contributed by atoms with Crippen LogP contribution in [0.3, 0.4) is 0 Å². The second-order valence-corrected chi connectivity index (χ2v) is 10.9. The molecule has 4 heteroatoms. The molecule has 0 saturated heterocycles. The van der Waals surface area contributed by atoms with Gasteiger partial charge in [0.25, 0.3) is 0 Å². The first kappa shape index (κ1) is 20.5. The Labute approximate surface area is 175 Å². The summed E-state index contributed by atoms with van der Waals surface area (Å²) in [5.41, 5.74) is -0.263. The molecule has 0 aromatic heterocycles. The largest absolute Gasteiger partial charge is 0.393 e. The van der Waals surface area contributed by atoms with Gasteiger partial charge >= 0.3 is 0 Å². The molecule has 4 nitrogen and oxygen atoms in total. The molecule has 29 heavy (non-hydrogen) atoms. The molecule has 1 aliphatic heterocycles. The Morgan fingerprint density at radius 3 is 1.93 bits per heavy atom. The van der Waals surface area contributed by atoms with Crippen LogP contribution in [0.1, 0.15) is 83.5 Å². The Morgan fingerprint density at radius 1 is 0.724 bits per heavy atom. The molecule has 0 spiro atoms. The summed E-state index contributed by atoms with van der Waals surface area (Å²) >= 11 is 0. The highest BCUT2D eigenvalue weighted by molar-refractivity contribution is 5.19. The lowest BCUT2D eigenvalue weighted by atomic mass is 9.60. The average Bonchev–Trinajstić information content (AvgIpc) is 2.74. The summed E-state index contributed by atoms with van der Waals surface area (Å²) in [5.74, 6) is 2.25. The summed E-state index contributed by atoms with van der Waals surface area (Å²) in [6.07, 6.45) is 17.9. The number of fused-ring (bicyclic) bond motifs is 3. The summed E-state index contributed by atoms with van der Waals surface area (Å²) in [7, 11) is 0. The van der Waals surface area contributed by atoms with Crippen molar-refractivity contribution < 1.29 is 20.1 Å². The van der Waals surface area contributed by atoms with Gasteiger partial charge in [0.1, 0.15) is 0 Å². The topological polar surface area (TPSA) is 69.9 Å². The van der Waals surface area contributed by atoms with Crippen LogP contribution in [0.4, 0.5) is 0 Å². The molecular formula is C25H40O4. The van der Waals surface area contributed by atoms with Crippen LogP contribution in [0.5, 0.6) is 0 Å². The van der Waals surface area contributed by atoms with Gasteiger partial charge in [-0.05, 0) is 94.3 Å². The predicted molar refractivity (Wildman–Crippen MR) is 112 cm³/mol. The number of hydrogen-bond acceptors (Lipinski definition) is 4. The number of hydrogen-bond donors (Lipinski definition) is 3. The first-order valence-electron chi connectivity index (χ1n) is 12.5. The molecule has 5 rings (SSSR count). The summed E-state index contributed by atoms with van der Waals surface area (Å²) < 4.78 is 7.26. The first-order valence-corrected chi connectivity index (χ1v) is 12.5. The molecule has 0 amide bonds. The standard InChI is InChI=1S/C25H40O4/c26-19-9-5-17(6-10-19)25(18-7-11-20(27)12-8-18)14-13-22-23(28)15-16-3-1-2-4-21(16)24(22)29-25/h13-14,16-24,26-28H,1-12,15H2. The highest BCUT2D eigenvalue weighted by Crippen LogP contribution is 2.54. The fraction of sp³-hybridized carbons (Fsp3) is 0.920. The van der Waals surface area contributed by atoms with E-state index in [0.717, 1.165) is 57.8 Å². The maximum atomic E-state index is 10.9. The zero-order chi connectivity index (χ0) is 20.0. The Morgan fingerprint density at radius 2 is 1.31 bits per heavy atom. The molecule has 0 radical (unpaired) electrons. The summed E-state index contributed by atoms with van der Waals surface area (Å²) in [4.78, 5) is 0. The van der Waals surface area contributed by atoms with Gasteiger partial charge in [-0.1, -0.05) is 25.0 Å². The van der Waals surface area contributed by atoms with Crippen molar-refractivity contribution in [2.75, 3.05) is 0 Å². The highest BCUT2D eigenvalue weighted by Gasteiger charge is 2.55. The van der Waals surface area contributed by atoms with E-state index in [2.05, 4.69) is 12.2 Å². The molecule has 5 atom stereocenters. The maximum Gasteiger partial charge on any atom is 0.0922 e. The van der Waals surface area contributed by atoms with Crippen LogP contribution in [0.15, 0.2) is 12.2 Å². The van der Waals surface area contributed by atoms with Crippen LogP contribution in [0, 0.1) is 29.6 Å². The van der Waals surface area contributed by atoms with E-state index in [0.29, 0.717) is 23.7 Å². The molecule has 5 aliphatic rings. The Hall–Kier alpha value is -0.420. The van der Waals surface area contributed by atoms with Crippen LogP contribution < -0.4 is 0 Å². The van der Waals surface area contributed by atoms with E-state index in [9.17, 15) is 15.3 Å². The van der Waals surface area contributed by atoms with Gasteiger partial charge in [0, 0.05) is 5.92 Å². The van der Waals surface area contributed by atoms with Crippen LogP contribution in [0.25, 0.3) is 0 Å². The van der Waals surface area contributed by atoms with E-state index < -0.39 is 0 Å². The van der Waals surface area contributed by atoms with Crippen molar-refractivity contribution in [2.24, 2.45) is 29.6 Å². The van der Waals surface area contributed by atoms with E-state index in [1.54, 1.807) is 0 Å². The van der Waals surface area contributed by atoms with Gasteiger partial charge in [-0.15, -0.1) is 0 Å². The third-order valence-corrected chi connectivity index (χ3v) is 9.35. The third-order valence-electron chi connectivity index (χ3n) is 9.35. The molecule has 0 aromatic rings. The lowest BCUT2D eigenvalue weighted by Crippen LogP contribution is -2.59. The van der Waals surface area contributed by atoms with Gasteiger partial charge in [0.05, 0.1) is 30.0 Å². The van der Waals surface area contributed by atoms with Crippen LogP contribution in [0.2, 0.25) is 0 Å². The van der Waals surface area contributed by atoms with E-state index in [1.165, 1.54) is 25.7 Å². The van der Waals surface area contributed by atoms with Crippen LogP contribution in [-0.2, 0) is 4.74 Å². The Balaban J connectivity index is 1.46. The van der Waals surface area contributed by atoms with Gasteiger partial charge in [-0.3, -0.25) is 0 Å². The van der Waals surface area contributed by atoms with E-state index in [1.807, 2.05) is 0 Å². The zero-order valence-corrected chi connectivity index (χ0v) is 17.8. The highest BCUT2D eigenvalue weighted by atomic mass is 16.5. The lowest BCUT2D eigenvalue weighted by molar-refractivity contribution is -0.215. The Kier molecular flexibility index (Phi) is 5.83. The molecule has 4 aliphatic carbocycles. The minimum absolute atomic E-state index is 0.144. The number of rotatable bonds is 2. The number of ether oxygens (including phenoxy) is 1. The average molecular weight is 405 g/mol. The van der Waals surface area contributed by atoms with Gasteiger partial charge in [0.2, 0.25) is 0 Å². The monoisotopic (exact) mass is 404 g/mol. The smallest absolute Gasteiger partial charge is 0.0922 e.